The fourth-order valence-electron chi connectivity index (χ4n) is 4.65. The molecule has 1 atom stereocenters. The molecule has 1 amide bonds. The minimum Gasteiger partial charge on any atom is -0.342 e. The Kier molecular flexibility index (Phi) is 4.46. The maximum atomic E-state index is 13.3. The standard InChI is InChI=1S/C24H26N4O/c1-18-14-26-22(20-6-5-12-25-15-20)28(18)17-19-9-13-27(16-19)23(29)24(10-11-24)21-7-3-2-4-8-21/h2-8,12,14-15,19H,9-11,13,16-17H2,1H3. The molecule has 2 aromatic heterocycles. The fraction of sp³-hybridized carbons (Fsp3) is 0.375. The number of imidazole rings is 1. The maximum absolute atomic E-state index is 13.3. The summed E-state index contributed by atoms with van der Waals surface area (Å²) in [6, 6.07) is 14.3. The van der Waals surface area contributed by atoms with Crippen LogP contribution < -0.4 is 0 Å². The van der Waals surface area contributed by atoms with Crippen molar-refractivity contribution in [3.63, 3.8) is 0 Å². The minimum atomic E-state index is -0.262. The largest absolute Gasteiger partial charge is 0.342 e. The molecule has 1 saturated carbocycles. The average Bonchev–Trinajstić information content (AvgIpc) is 3.32. The highest BCUT2D eigenvalue weighted by Gasteiger charge is 2.53. The molecular weight excluding hydrogens is 360 g/mol. The highest BCUT2D eigenvalue weighted by molar-refractivity contribution is 5.91. The van der Waals surface area contributed by atoms with Crippen LogP contribution in [0.1, 0.15) is 30.5 Å². The van der Waals surface area contributed by atoms with E-state index in [2.05, 4.69) is 38.5 Å². The van der Waals surface area contributed by atoms with Crippen LogP contribution in [0.2, 0.25) is 0 Å². The van der Waals surface area contributed by atoms with Crippen molar-refractivity contribution < 1.29 is 4.79 Å². The Hall–Kier alpha value is -2.95. The SMILES string of the molecule is Cc1cnc(-c2cccnc2)n1CC1CCN(C(=O)C2(c3ccccc3)CC2)C1. The number of amides is 1. The Morgan fingerprint density at radius 3 is 2.69 bits per heavy atom. The van der Waals surface area contributed by atoms with E-state index in [0.717, 1.165) is 56.0 Å². The third kappa shape index (κ3) is 3.24. The fourth-order valence-corrected chi connectivity index (χ4v) is 4.65. The van der Waals surface area contributed by atoms with Gasteiger partial charge in [0.25, 0.3) is 0 Å². The zero-order valence-electron chi connectivity index (χ0n) is 16.8. The summed E-state index contributed by atoms with van der Waals surface area (Å²) in [4.78, 5) is 24.3. The second-order valence-corrected chi connectivity index (χ2v) is 8.43. The van der Waals surface area contributed by atoms with Gasteiger partial charge in [-0.05, 0) is 49.8 Å². The lowest BCUT2D eigenvalue weighted by atomic mass is 9.94. The Morgan fingerprint density at radius 2 is 1.97 bits per heavy atom. The van der Waals surface area contributed by atoms with E-state index < -0.39 is 0 Å². The first-order valence-corrected chi connectivity index (χ1v) is 10.4. The highest BCUT2D eigenvalue weighted by Crippen LogP contribution is 2.50. The van der Waals surface area contributed by atoms with Gasteiger partial charge in [0.15, 0.2) is 0 Å². The van der Waals surface area contributed by atoms with Crippen molar-refractivity contribution >= 4 is 5.91 Å². The summed E-state index contributed by atoms with van der Waals surface area (Å²) < 4.78 is 2.28. The number of aromatic nitrogens is 3. The van der Waals surface area contributed by atoms with E-state index in [1.54, 1.807) is 6.20 Å². The molecule has 1 saturated heterocycles. The molecule has 29 heavy (non-hydrogen) atoms. The molecule has 3 aromatic rings. The zero-order valence-corrected chi connectivity index (χ0v) is 16.8. The Bertz CT molecular complexity index is 1010. The first kappa shape index (κ1) is 18.1. The van der Waals surface area contributed by atoms with Crippen LogP contribution in [-0.4, -0.2) is 38.4 Å². The van der Waals surface area contributed by atoms with E-state index in [1.807, 2.05) is 42.7 Å². The second kappa shape index (κ2) is 7.14. The number of nitrogens with zero attached hydrogens (tertiary/aromatic N) is 4. The van der Waals surface area contributed by atoms with Crippen LogP contribution in [0.4, 0.5) is 0 Å². The lowest BCUT2D eigenvalue weighted by Crippen LogP contribution is -2.38. The molecule has 5 nitrogen and oxygen atoms in total. The Labute approximate surface area is 171 Å². The van der Waals surface area contributed by atoms with Crippen molar-refractivity contribution in [1.29, 1.82) is 0 Å². The molecule has 0 N–H and O–H groups in total. The lowest BCUT2D eigenvalue weighted by molar-refractivity contribution is -0.133. The quantitative estimate of drug-likeness (QED) is 0.670. The van der Waals surface area contributed by atoms with Gasteiger partial charge in [-0.15, -0.1) is 0 Å². The summed E-state index contributed by atoms with van der Waals surface area (Å²) in [6.07, 6.45) is 8.56. The molecule has 0 radical (unpaired) electrons. The number of hydrogen-bond donors (Lipinski definition) is 0. The summed E-state index contributed by atoms with van der Waals surface area (Å²) in [5.74, 6) is 1.73. The molecule has 5 heteroatoms. The summed E-state index contributed by atoms with van der Waals surface area (Å²) in [5, 5.41) is 0. The van der Waals surface area contributed by atoms with Gasteiger partial charge in [0, 0.05) is 49.5 Å². The Balaban J connectivity index is 1.30. The molecule has 2 fully saturated rings. The van der Waals surface area contributed by atoms with Crippen LogP contribution in [0.15, 0.2) is 61.1 Å². The van der Waals surface area contributed by atoms with Crippen molar-refractivity contribution in [3.05, 3.63) is 72.3 Å². The van der Waals surface area contributed by atoms with Gasteiger partial charge in [0.1, 0.15) is 5.82 Å². The number of carbonyl (C=O) groups excluding carboxylic acids is 1. The van der Waals surface area contributed by atoms with Crippen LogP contribution >= 0.6 is 0 Å². The van der Waals surface area contributed by atoms with E-state index in [1.165, 1.54) is 5.56 Å². The average molecular weight is 386 g/mol. The maximum Gasteiger partial charge on any atom is 0.233 e. The number of aryl methyl sites for hydroxylation is 1. The van der Waals surface area contributed by atoms with Crippen molar-refractivity contribution in [2.45, 2.75) is 38.1 Å². The first-order valence-electron chi connectivity index (χ1n) is 10.4. The van der Waals surface area contributed by atoms with Gasteiger partial charge in [0.05, 0.1) is 5.41 Å². The summed E-state index contributed by atoms with van der Waals surface area (Å²) in [5.41, 5.74) is 3.10. The second-order valence-electron chi connectivity index (χ2n) is 8.43. The molecule has 1 aliphatic heterocycles. The summed E-state index contributed by atoms with van der Waals surface area (Å²) in [7, 11) is 0. The van der Waals surface area contributed by atoms with Crippen LogP contribution in [-0.2, 0) is 16.8 Å². The molecule has 1 aromatic carbocycles. The number of likely N-dealkylation sites (tertiary alicyclic amines) is 1. The van der Waals surface area contributed by atoms with Crippen LogP contribution in [0.25, 0.3) is 11.4 Å². The number of pyridine rings is 1. The number of hydrogen-bond acceptors (Lipinski definition) is 3. The van der Waals surface area contributed by atoms with Gasteiger partial charge in [-0.3, -0.25) is 9.78 Å². The first-order chi connectivity index (χ1) is 14.2. The molecule has 2 aliphatic rings. The summed E-state index contributed by atoms with van der Waals surface area (Å²) in [6.45, 7) is 4.67. The Morgan fingerprint density at radius 1 is 1.14 bits per heavy atom. The van der Waals surface area contributed by atoms with E-state index >= 15 is 0 Å². The van der Waals surface area contributed by atoms with Crippen molar-refractivity contribution in [3.8, 4) is 11.4 Å². The third-order valence-corrected chi connectivity index (χ3v) is 6.47. The van der Waals surface area contributed by atoms with Gasteiger partial charge in [-0.2, -0.15) is 0 Å². The van der Waals surface area contributed by atoms with E-state index in [9.17, 15) is 4.79 Å². The van der Waals surface area contributed by atoms with E-state index in [0.29, 0.717) is 11.8 Å². The summed E-state index contributed by atoms with van der Waals surface area (Å²) >= 11 is 0. The van der Waals surface area contributed by atoms with Gasteiger partial charge in [0.2, 0.25) is 5.91 Å². The minimum absolute atomic E-state index is 0.262. The number of benzene rings is 1. The van der Waals surface area contributed by atoms with E-state index in [4.69, 9.17) is 0 Å². The predicted molar refractivity (Wildman–Crippen MR) is 112 cm³/mol. The monoisotopic (exact) mass is 386 g/mol. The highest BCUT2D eigenvalue weighted by atomic mass is 16.2. The molecular formula is C24H26N4O. The van der Waals surface area contributed by atoms with Gasteiger partial charge < -0.3 is 9.47 Å². The topological polar surface area (TPSA) is 51.0 Å². The van der Waals surface area contributed by atoms with Gasteiger partial charge in [-0.25, -0.2) is 4.98 Å². The molecule has 3 heterocycles. The zero-order chi connectivity index (χ0) is 19.8. The molecule has 1 unspecified atom stereocenters. The van der Waals surface area contributed by atoms with Crippen LogP contribution in [0.3, 0.4) is 0 Å². The van der Waals surface area contributed by atoms with Gasteiger partial charge in [-0.1, -0.05) is 30.3 Å². The molecule has 5 rings (SSSR count). The number of carbonyl (C=O) groups is 1. The van der Waals surface area contributed by atoms with Gasteiger partial charge >= 0.3 is 0 Å². The molecule has 1 aliphatic carbocycles. The predicted octanol–water partition coefficient (Wildman–Crippen LogP) is 3.83. The van der Waals surface area contributed by atoms with Crippen molar-refractivity contribution in [1.82, 2.24) is 19.4 Å². The molecule has 148 valence electrons. The van der Waals surface area contributed by atoms with Crippen molar-refractivity contribution in [2.75, 3.05) is 13.1 Å². The normalized spacial score (nSPS) is 20.0. The molecule has 0 bridgehead atoms. The smallest absolute Gasteiger partial charge is 0.233 e. The van der Waals surface area contributed by atoms with Crippen LogP contribution in [0, 0.1) is 12.8 Å². The van der Waals surface area contributed by atoms with E-state index in [-0.39, 0.29) is 5.41 Å². The van der Waals surface area contributed by atoms with Crippen LogP contribution in [0.5, 0.6) is 0 Å². The number of rotatable bonds is 5. The molecule has 0 spiro atoms. The van der Waals surface area contributed by atoms with Crippen molar-refractivity contribution in [2.24, 2.45) is 5.92 Å². The lowest BCUT2D eigenvalue weighted by Gasteiger charge is -2.24. The third-order valence-electron chi connectivity index (χ3n) is 6.47.